The Balaban J connectivity index is 1.63. The fourth-order valence-corrected chi connectivity index (χ4v) is 4.93. The number of carbonyl (C=O) groups is 1. The van der Waals surface area contributed by atoms with Gasteiger partial charge in [0, 0.05) is 30.2 Å². The van der Waals surface area contributed by atoms with E-state index in [1.54, 1.807) is 0 Å². The second-order valence-electron chi connectivity index (χ2n) is 10.1. The van der Waals surface area contributed by atoms with E-state index in [-0.39, 0.29) is 12.0 Å². The van der Waals surface area contributed by atoms with Crippen LogP contribution in [0.4, 0.5) is 4.79 Å². The topological polar surface area (TPSA) is 42.4 Å². The Hall–Kier alpha value is -2.33. The Kier molecular flexibility index (Phi) is 8.58. The first-order valence-corrected chi connectivity index (χ1v) is 12.4. The molecule has 0 spiro atoms. The maximum atomic E-state index is 12.3. The summed E-state index contributed by atoms with van der Waals surface area (Å²) in [6.07, 6.45) is 8.92. The van der Waals surface area contributed by atoms with Crippen molar-refractivity contribution in [2.75, 3.05) is 13.1 Å². The molecule has 0 radical (unpaired) electrons. The molecule has 1 unspecified atom stereocenters. The Morgan fingerprint density at radius 2 is 2.03 bits per heavy atom. The second-order valence-corrected chi connectivity index (χ2v) is 10.5. The fourth-order valence-electron chi connectivity index (χ4n) is 4.70. The van der Waals surface area contributed by atoms with Crippen LogP contribution in [0.5, 0.6) is 0 Å². The predicted octanol–water partition coefficient (Wildman–Crippen LogP) is 7.64. The van der Waals surface area contributed by atoms with Gasteiger partial charge >= 0.3 is 6.09 Å². The number of ether oxygens (including phenoxy) is 1. The van der Waals surface area contributed by atoms with Crippen molar-refractivity contribution in [1.82, 2.24) is 9.88 Å². The first kappa shape index (κ1) is 25.3. The van der Waals surface area contributed by atoms with Gasteiger partial charge in [-0.2, -0.15) is 0 Å². The molecule has 1 saturated heterocycles. The van der Waals surface area contributed by atoms with Gasteiger partial charge in [-0.05, 0) is 87.8 Å². The van der Waals surface area contributed by atoms with Crippen molar-refractivity contribution in [2.45, 2.75) is 71.3 Å². The van der Waals surface area contributed by atoms with Crippen LogP contribution in [0.2, 0.25) is 5.02 Å². The number of halogens is 1. The van der Waals surface area contributed by atoms with Crippen LogP contribution in [-0.4, -0.2) is 34.7 Å². The largest absolute Gasteiger partial charge is 0.444 e. The number of rotatable bonds is 7. The minimum Gasteiger partial charge on any atom is -0.444 e. The number of benzene rings is 1. The third kappa shape index (κ3) is 7.07. The lowest BCUT2D eigenvalue weighted by Crippen LogP contribution is -2.41. The van der Waals surface area contributed by atoms with Gasteiger partial charge in [-0.15, -0.1) is 0 Å². The van der Waals surface area contributed by atoms with Crippen LogP contribution >= 0.6 is 11.6 Å². The number of pyridine rings is 1. The van der Waals surface area contributed by atoms with Crippen LogP contribution in [0.25, 0.3) is 6.08 Å². The van der Waals surface area contributed by atoms with E-state index < -0.39 is 5.60 Å². The van der Waals surface area contributed by atoms with Gasteiger partial charge in [-0.3, -0.25) is 4.98 Å². The lowest BCUT2D eigenvalue weighted by Gasteiger charge is -2.33. The Morgan fingerprint density at radius 3 is 2.67 bits per heavy atom. The monoisotopic (exact) mass is 468 g/mol. The SMILES string of the molecule is C=Cc1cccnc1C(CCCC1CCN(C(=O)OC(C)(C)C)CC1)c1ccc(Cl)cc1C. The summed E-state index contributed by atoms with van der Waals surface area (Å²) in [4.78, 5) is 18.9. The molecule has 4 nitrogen and oxygen atoms in total. The van der Waals surface area contributed by atoms with E-state index in [4.69, 9.17) is 21.3 Å². The average molecular weight is 469 g/mol. The van der Waals surface area contributed by atoms with Gasteiger partial charge in [-0.25, -0.2) is 4.79 Å². The maximum absolute atomic E-state index is 12.3. The number of likely N-dealkylation sites (tertiary alicyclic amines) is 1. The first-order valence-electron chi connectivity index (χ1n) is 12.0. The molecule has 1 aliphatic heterocycles. The number of amides is 1. The number of aryl methyl sites for hydroxylation is 1. The zero-order valence-corrected chi connectivity index (χ0v) is 21.2. The number of hydrogen-bond donors (Lipinski definition) is 0. The molecule has 0 bridgehead atoms. The number of piperidine rings is 1. The quantitative estimate of drug-likeness (QED) is 0.419. The van der Waals surface area contributed by atoms with E-state index >= 15 is 0 Å². The Morgan fingerprint density at radius 1 is 1.30 bits per heavy atom. The third-order valence-electron chi connectivity index (χ3n) is 6.40. The third-order valence-corrected chi connectivity index (χ3v) is 6.63. The van der Waals surface area contributed by atoms with Gasteiger partial charge in [0.1, 0.15) is 5.60 Å². The lowest BCUT2D eigenvalue weighted by atomic mass is 9.83. The zero-order chi connectivity index (χ0) is 24.0. The summed E-state index contributed by atoms with van der Waals surface area (Å²) in [5.41, 5.74) is 4.19. The smallest absolute Gasteiger partial charge is 0.410 e. The lowest BCUT2D eigenvalue weighted by molar-refractivity contribution is 0.0180. The minimum absolute atomic E-state index is 0.189. The molecular formula is C28H37ClN2O2. The number of hydrogen-bond acceptors (Lipinski definition) is 3. The molecule has 1 aromatic carbocycles. The van der Waals surface area contributed by atoms with Gasteiger partial charge in [0.05, 0.1) is 5.69 Å². The van der Waals surface area contributed by atoms with Gasteiger partial charge in [0.15, 0.2) is 0 Å². The minimum atomic E-state index is -0.446. The van der Waals surface area contributed by atoms with Crippen molar-refractivity contribution >= 4 is 23.8 Å². The molecule has 1 aliphatic rings. The molecule has 0 aliphatic carbocycles. The Labute approximate surface area is 204 Å². The van der Waals surface area contributed by atoms with Crippen LogP contribution in [0.3, 0.4) is 0 Å². The van der Waals surface area contributed by atoms with E-state index in [1.807, 2.05) is 56.1 Å². The van der Waals surface area contributed by atoms with Crippen molar-refractivity contribution in [2.24, 2.45) is 5.92 Å². The number of aromatic nitrogens is 1. The Bertz CT molecular complexity index is 959. The molecule has 2 heterocycles. The van der Waals surface area contributed by atoms with Crippen LogP contribution in [0.1, 0.15) is 81.2 Å². The van der Waals surface area contributed by atoms with E-state index in [0.717, 1.165) is 61.5 Å². The highest BCUT2D eigenvalue weighted by Gasteiger charge is 2.27. The van der Waals surface area contributed by atoms with Crippen LogP contribution in [0, 0.1) is 12.8 Å². The van der Waals surface area contributed by atoms with E-state index in [9.17, 15) is 4.79 Å². The highest BCUT2D eigenvalue weighted by Crippen LogP contribution is 2.35. The van der Waals surface area contributed by atoms with E-state index in [0.29, 0.717) is 5.92 Å². The standard InChI is InChI=1S/C28H37ClN2O2/c1-6-22-10-8-16-30-26(22)25(24-13-12-23(29)19-20(24)2)11-7-9-21-14-17-31(18-15-21)27(32)33-28(3,4)5/h6,8,10,12-13,16,19,21,25H,1,7,9,11,14-15,17-18H2,2-5H3. The predicted molar refractivity (Wildman–Crippen MR) is 137 cm³/mol. The fraction of sp³-hybridized carbons (Fsp3) is 0.500. The van der Waals surface area contributed by atoms with Crippen molar-refractivity contribution in [3.8, 4) is 0 Å². The molecule has 2 aromatic rings. The summed E-state index contributed by atoms with van der Waals surface area (Å²) in [5, 5.41) is 0.761. The highest BCUT2D eigenvalue weighted by molar-refractivity contribution is 6.30. The van der Waals surface area contributed by atoms with Crippen LogP contribution in [-0.2, 0) is 4.74 Å². The molecule has 3 rings (SSSR count). The summed E-state index contributed by atoms with van der Waals surface area (Å²) < 4.78 is 5.53. The number of carbonyl (C=O) groups excluding carboxylic acids is 1. The van der Waals surface area contributed by atoms with Gasteiger partial charge < -0.3 is 9.64 Å². The summed E-state index contributed by atoms with van der Waals surface area (Å²) in [6, 6.07) is 10.2. The van der Waals surface area contributed by atoms with Gasteiger partial charge in [-0.1, -0.05) is 49.2 Å². The van der Waals surface area contributed by atoms with E-state index in [2.05, 4.69) is 25.6 Å². The van der Waals surface area contributed by atoms with Crippen LogP contribution < -0.4 is 0 Å². The van der Waals surface area contributed by atoms with Gasteiger partial charge in [0.25, 0.3) is 0 Å². The summed E-state index contributed by atoms with van der Waals surface area (Å²) in [5.74, 6) is 0.844. The van der Waals surface area contributed by atoms with Gasteiger partial charge in [0.2, 0.25) is 0 Å². The van der Waals surface area contributed by atoms with Crippen molar-refractivity contribution in [3.63, 3.8) is 0 Å². The zero-order valence-electron chi connectivity index (χ0n) is 20.4. The highest BCUT2D eigenvalue weighted by atomic mass is 35.5. The molecule has 1 fully saturated rings. The molecule has 1 aromatic heterocycles. The molecule has 1 amide bonds. The van der Waals surface area contributed by atoms with Crippen LogP contribution in [0.15, 0.2) is 43.1 Å². The van der Waals surface area contributed by atoms with Crippen molar-refractivity contribution in [3.05, 3.63) is 70.5 Å². The molecule has 0 N–H and O–H groups in total. The summed E-state index contributed by atoms with van der Waals surface area (Å²) in [6.45, 7) is 13.4. The molecule has 5 heteroatoms. The molecule has 33 heavy (non-hydrogen) atoms. The summed E-state index contributed by atoms with van der Waals surface area (Å²) >= 11 is 6.23. The molecule has 1 atom stereocenters. The second kappa shape index (κ2) is 11.2. The average Bonchev–Trinajstić information content (AvgIpc) is 2.76. The molecule has 0 saturated carbocycles. The molecular weight excluding hydrogens is 432 g/mol. The van der Waals surface area contributed by atoms with E-state index in [1.165, 1.54) is 11.1 Å². The molecule has 178 valence electrons. The van der Waals surface area contributed by atoms with Crippen molar-refractivity contribution < 1.29 is 9.53 Å². The first-order chi connectivity index (χ1) is 15.7. The summed E-state index contributed by atoms with van der Waals surface area (Å²) in [7, 11) is 0. The normalized spacial score (nSPS) is 15.8. The van der Waals surface area contributed by atoms with Crippen molar-refractivity contribution in [1.29, 1.82) is 0 Å². The number of nitrogens with zero attached hydrogens (tertiary/aromatic N) is 2. The maximum Gasteiger partial charge on any atom is 0.410 e.